The van der Waals surface area contributed by atoms with Crippen molar-refractivity contribution in [2.75, 3.05) is 17.6 Å². The summed E-state index contributed by atoms with van der Waals surface area (Å²) in [5.74, 6) is -0.145. The number of carbonyl (C=O) groups is 2. The Hall–Kier alpha value is -2.73. The highest BCUT2D eigenvalue weighted by molar-refractivity contribution is 5.95. The lowest BCUT2D eigenvalue weighted by molar-refractivity contribution is 0.0954. The second-order valence-corrected chi connectivity index (χ2v) is 6.08. The summed E-state index contributed by atoms with van der Waals surface area (Å²) in [5.41, 5.74) is 8.67. The average molecular weight is 377 g/mol. The molecular formula is C19H25ClN4O2. The third-order valence-corrected chi connectivity index (χ3v) is 3.50. The van der Waals surface area contributed by atoms with Crippen molar-refractivity contribution in [1.82, 2.24) is 10.6 Å². The normalized spacial score (nSPS) is 9.96. The van der Waals surface area contributed by atoms with E-state index in [1.807, 2.05) is 38.1 Å². The molecule has 2 aromatic carbocycles. The molecule has 0 spiro atoms. The molecule has 6 nitrogen and oxygen atoms in total. The molecule has 2 rings (SSSR count). The maximum Gasteiger partial charge on any atom is 0.319 e. The molecule has 26 heavy (non-hydrogen) atoms. The molecule has 140 valence electrons. The number of halogens is 1. The van der Waals surface area contributed by atoms with E-state index in [2.05, 4.69) is 16.0 Å². The smallest absolute Gasteiger partial charge is 0.319 e. The largest absolute Gasteiger partial charge is 0.399 e. The lowest BCUT2D eigenvalue weighted by Crippen LogP contribution is -2.34. The van der Waals surface area contributed by atoms with Crippen molar-refractivity contribution in [3.8, 4) is 0 Å². The van der Waals surface area contributed by atoms with Crippen molar-refractivity contribution in [1.29, 1.82) is 0 Å². The molecule has 2 aromatic rings. The Bertz CT molecular complexity index is 715. The molecule has 0 aromatic heterocycles. The van der Waals surface area contributed by atoms with Crippen LogP contribution in [0.15, 0.2) is 48.5 Å². The maximum atomic E-state index is 12.1. The second-order valence-electron chi connectivity index (χ2n) is 6.08. The number of urea groups is 1. The third-order valence-electron chi connectivity index (χ3n) is 3.50. The number of nitrogens with two attached hydrogens (primary N) is 1. The Labute approximate surface area is 160 Å². The SMILES string of the molecule is CC(C)NC(=O)Nc1ccc(C(=O)NCCc2ccc(N)cc2)cc1.Cl. The first-order valence-electron chi connectivity index (χ1n) is 8.24. The van der Waals surface area contributed by atoms with Crippen LogP contribution in [0.25, 0.3) is 0 Å². The minimum atomic E-state index is -0.268. The number of benzene rings is 2. The molecule has 0 unspecified atom stereocenters. The van der Waals surface area contributed by atoms with Gasteiger partial charge in [-0.1, -0.05) is 12.1 Å². The van der Waals surface area contributed by atoms with Crippen LogP contribution in [0, 0.1) is 0 Å². The van der Waals surface area contributed by atoms with Crippen LogP contribution in [-0.4, -0.2) is 24.5 Å². The molecule has 0 aliphatic carbocycles. The monoisotopic (exact) mass is 376 g/mol. The average Bonchev–Trinajstić information content (AvgIpc) is 2.56. The van der Waals surface area contributed by atoms with Crippen molar-refractivity contribution >= 4 is 35.7 Å². The summed E-state index contributed by atoms with van der Waals surface area (Å²) in [6.07, 6.45) is 0.737. The van der Waals surface area contributed by atoms with Gasteiger partial charge in [-0.3, -0.25) is 4.79 Å². The summed E-state index contributed by atoms with van der Waals surface area (Å²) in [6, 6.07) is 14.2. The fourth-order valence-electron chi connectivity index (χ4n) is 2.24. The lowest BCUT2D eigenvalue weighted by Gasteiger charge is -2.10. The van der Waals surface area contributed by atoms with Crippen LogP contribution >= 0.6 is 12.4 Å². The Kier molecular flexibility index (Phi) is 8.45. The first kappa shape index (κ1) is 21.3. The Morgan fingerprint density at radius 2 is 1.62 bits per heavy atom. The summed E-state index contributed by atoms with van der Waals surface area (Å²) < 4.78 is 0. The number of anilines is 2. The van der Waals surface area contributed by atoms with Crippen LogP contribution in [0.3, 0.4) is 0 Å². The van der Waals surface area contributed by atoms with Crippen molar-refractivity contribution in [3.63, 3.8) is 0 Å². The standard InChI is InChI=1S/C19H24N4O2.ClH/c1-13(2)22-19(25)23-17-9-5-15(6-10-17)18(24)21-12-11-14-3-7-16(20)8-4-14;/h3-10,13H,11-12,20H2,1-2H3,(H,21,24)(H2,22,23,25);1H. The predicted molar refractivity (Wildman–Crippen MR) is 108 cm³/mol. The van der Waals surface area contributed by atoms with Gasteiger partial charge in [0.1, 0.15) is 0 Å². The van der Waals surface area contributed by atoms with E-state index in [0.29, 0.717) is 17.8 Å². The van der Waals surface area contributed by atoms with Crippen molar-refractivity contribution in [2.45, 2.75) is 26.3 Å². The molecule has 5 N–H and O–H groups in total. The number of nitrogen functional groups attached to an aromatic ring is 1. The van der Waals surface area contributed by atoms with Crippen LogP contribution in [0.2, 0.25) is 0 Å². The van der Waals surface area contributed by atoms with Gasteiger partial charge < -0.3 is 21.7 Å². The van der Waals surface area contributed by atoms with Gasteiger partial charge in [-0.05, 0) is 62.2 Å². The zero-order valence-electron chi connectivity index (χ0n) is 14.9. The predicted octanol–water partition coefficient (Wildman–Crippen LogP) is 3.19. The lowest BCUT2D eigenvalue weighted by atomic mass is 10.1. The van der Waals surface area contributed by atoms with Gasteiger partial charge in [0, 0.05) is 29.5 Å². The summed E-state index contributed by atoms with van der Waals surface area (Å²) in [7, 11) is 0. The molecule has 3 amide bonds. The Balaban J connectivity index is 0.00000338. The van der Waals surface area contributed by atoms with E-state index in [1.54, 1.807) is 24.3 Å². The number of carbonyl (C=O) groups excluding carboxylic acids is 2. The van der Waals surface area contributed by atoms with E-state index in [-0.39, 0.29) is 30.4 Å². The molecule has 0 fully saturated rings. The zero-order chi connectivity index (χ0) is 18.2. The quantitative estimate of drug-likeness (QED) is 0.583. The number of rotatable bonds is 6. The molecule has 0 saturated carbocycles. The van der Waals surface area contributed by atoms with E-state index in [9.17, 15) is 9.59 Å². The van der Waals surface area contributed by atoms with Gasteiger partial charge in [0.2, 0.25) is 0 Å². The van der Waals surface area contributed by atoms with E-state index < -0.39 is 0 Å². The Morgan fingerprint density at radius 1 is 1.00 bits per heavy atom. The number of hydrogen-bond donors (Lipinski definition) is 4. The number of hydrogen-bond acceptors (Lipinski definition) is 3. The molecule has 0 radical (unpaired) electrons. The molecular weight excluding hydrogens is 352 g/mol. The molecule has 0 heterocycles. The highest BCUT2D eigenvalue weighted by Gasteiger charge is 2.07. The van der Waals surface area contributed by atoms with E-state index in [1.165, 1.54) is 0 Å². The van der Waals surface area contributed by atoms with Crippen molar-refractivity contribution in [3.05, 3.63) is 59.7 Å². The van der Waals surface area contributed by atoms with Crippen LogP contribution in [0.1, 0.15) is 29.8 Å². The van der Waals surface area contributed by atoms with Crippen molar-refractivity contribution in [2.24, 2.45) is 0 Å². The topological polar surface area (TPSA) is 96.2 Å². The highest BCUT2D eigenvalue weighted by Crippen LogP contribution is 2.10. The minimum Gasteiger partial charge on any atom is -0.399 e. The second kappa shape index (κ2) is 10.3. The van der Waals surface area contributed by atoms with Crippen LogP contribution in [0.5, 0.6) is 0 Å². The molecule has 0 aliphatic rings. The molecule has 0 atom stereocenters. The minimum absolute atomic E-state index is 0. The first-order valence-corrected chi connectivity index (χ1v) is 8.24. The van der Waals surface area contributed by atoms with Gasteiger partial charge in [0.05, 0.1) is 0 Å². The maximum absolute atomic E-state index is 12.1. The number of amides is 3. The van der Waals surface area contributed by atoms with E-state index >= 15 is 0 Å². The summed E-state index contributed by atoms with van der Waals surface area (Å²) in [5, 5.41) is 8.33. The van der Waals surface area contributed by atoms with Gasteiger partial charge in [-0.15, -0.1) is 12.4 Å². The van der Waals surface area contributed by atoms with E-state index in [4.69, 9.17) is 5.73 Å². The summed E-state index contributed by atoms with van der Waals surface area (Å²) in [6.45, 7) is 4.31. The third kappa shape index (κ3) is 7.03. The van der Waals surface area contributed by atoms with Gasteiger partial charge in [0.15, 0.2) is 0 Å². The fraction of sp³-hybridized carbons (Fsp3) is 0.263. The highest BCUT2D eigenvalue weighted by atomic mass is 35.5. The van der Waals surface area contributed by atoms with E-state index in [0.717, 1.165) is 17.7 Å². The number of nitrogens with one attached hydrogen (secondary N) is 3. The van der Waals surface area contributed by atoms with Gasteiger partial charge >= 0.3 is 6.03 Å². The van der Waals surface area contributed by atoms with Crippen LogP contribution in [-0.2, 0) is 6.42 Å². The van der Waals surface area contributed by atoms with Crippen LogP contribution < -0.4 is 21.7 Å². The van der Waals surface area contributed by atoms with Gasteiger partial charge in [-0.2, -0.15) is 0 Å². The van der Waals surface area contributed by atoms with Crippen LogP contribution in [0.4, 0.5) is 16.2 Å². The summed E-state index contributed by atoms with van der Waals surface area (Å²) in [4.78, 5) is 23.8. The first-order chi connectivity index (χ1) is 11.9. The van der Waals surface area contributed by atoms with Gasteiger partial charge in [-0.25, -0.2) is 4.79 Å². The molecule has 0 bridgehead atoms. The Morgan fingerprint density at radius 3 is 2.19 bits per heavy atom. The van der Waals surface area contributed by atoms with Crippen molar-refractivity contribution < 1.29 is 9.59 Å². The zero-order valence-corrected chi connectivity index (χ0v) is 15.7. The molecule has 0 aliphatic heterocycles. The van der Waals surface area contributed by atoms with Gasteiger partial charge in [0.25, 0.3) is 5.91 Å². The molecule has 0 saturated heterocycles. The molecule has 7 heteroatoms. The fourth-order valence-corrected chi connectivity index (χ4v) is 2.24. The summed E-state index contributed by atoms with van der Waals surface area (Å²) >= 11 is 0.